The second-order valence-corrected chi connectivity index (χ2v) is 8.33. The summed E-state index contributed by atoms with van der Waals surface area (Å²) in [7, 11) is 0. The second kappa shape index (κ2) is 9.92. The summed E-state index contributed by atoms with van der Waals surface area (Å²) in [5.74, 6) is 0.237. The van der Waals surface area contributed by atoms with Crippen LogP contribution < -0.4 is 16.0 Å². The van der Waals surface area contributed by atoms with Gasteiger partial charge in [0, 0.05) is 36.8 Å². The fourth-order valence-corrected chi connectivity index (χ4v) is 4.49. The van der Waals surface area contributed by atoms with E-state index in [0.717, 1.165) is 47.3 Å². The molecule has 0 fully saturated rings. The number of allylic oxidation sites excluding steroid dienone is 1. The van der Waals surface area contributed by atoms with Crippen molar-refractivity contribution in [1.82, 2.24) is 0 Å². The number of anilines is 2. The fourth-order valence-electron chi connectivity index (χ4n) is 4.49. The molecule has 1 aliphatic heterocycles. The number of rotatable bonds is 7. The van der Waals surface area contributed by atoms with E-state index in [2.05, 4.69) is 31.8 Å². The standard InChI is InChI=1S/C26H33N3O2/c1-5-7-8-9-25(31)28-21-13-10-19(11-14-21)20-12-15-24-22(16-20)26(27)17(3)23(6-2)29(24)18(4)30/h5,10-17,23,26H,1,6-9,27H2,2-4H3,(H,28,31)/t17-,23+,26?/m1/s1. The van der Waals surface area contributed by atoms with Gasteiger partial charge in [-0.15, -0.1) is 6.58 Å². The molecule has 1 unspecified atom stereocenters. The molecule has 31 heavy (non-hydrogen) atoms. The zero-order valence-electron chi connectivity index (χ0n) is 18.7. The second-order valence-electron chi connectivity index (χ2n) is 8.33. The topological polar surface area (TPSA) is 75.4 Å². The van der Waals surface area contributed by atoms with Crippen molar-refractivity contribution in [1.29, 1.82) is 0 Å². The Morgan fingerprint density at radius 1 is 1.16 bits per heavy atom. The number of nitrogens with two attached hydrogens (primary N) is 1. The monoisotopic (exact) mass is 419 g/mol. The molecule has 2 aromatic rings. The van der Waals surface area contributed by atoms with Gasteiger partial charge < -0.3 is 16.0 Å². The number of fused-ring (bicyclic) bond motifs is 1. The van der Waals surface area contributed by atoms with Gasteiger partial charge in [-0.1, -0.05) is 38.1 Å². The third kappa shape index (κ3) is 4.88. The number of carbonyl (C=O) groups excluding carboxylic acids is 2. The number of nitrogens with zero attached hydrogens (tertiary/aromatic N) is 1. The van der Waals surface area contributed by atoms with Crippen molar-refractivity contribution < 1.29 is 9.59 Å². The van der Waals surface area contributed by atoms with Crippen LogP contribution in [0.5, 0.6) is 0 Å². The molecule has 0 bridgehead atoms. The minimum atomic E-state index is -0.121. The Morgan fingerprint density at radius 3 is 2.45 bits per heavy atom. The van der Waals surface area contributed by atoms with Gasteiger partial charge in [0.2, 0.25) is 11.8 Å². The van der Waals surface area contributed by atoms with E-state index < -0.39 is 0 Å². The lowest BCUT2D eigenvalue weighted by Crippen LogP contribution is -2.50. The summed E-state index contributed by atoms with van der Waals surface area (Å²) in [5.41, 5.74) is 11.4. The van der Waals surface area contributed by atoms with Gasteiger partial charge in [0.15, 0.2) is 0 Å². The highest BCUT2D eigenvalue weighted by atomic mass is 16.2. The van der Waals surface area contributed by atoms with Crippen molar-refractivity contribution in [2.24, 2.45) is 11.7 Å². The van der Waals surface area contributed by atoms with Crippen LogP contribution in [0.1, 0.15) is 58.1 Å². The van der Waals surface area contributed by atoms with Crippen molar-refractivity contribution in [3.05, 3.63) is 60.7 Å². The first-order valence-corrected chi connectivity index (χ1v) is 11.1. The van der Waals surface area contributed by atoms with Crippen molar-refractivity contribution in [2.75, 3.05) is 10.2 Å². The predicted molar refractivity (Wildman–Crippen MR) is 128 cm³/mol. The van der Waals surface area contributed by atoms with Gasteiger partial charge in [-0.3, -0.25) is 9.59 Å². The molecule has 0 radical (unpaired) electrons. The number of hydrogen-bond donors (Lipinski definition) is 2. The molecule has 2 aromatic carbocycles. The molecule has 2 amide bonds. The van der Waals surface area contributed by atoms with Crippen molar-refractivity contribution in [3.63, 3.8) is 0 Å². The molecule has 0 aromatic heterocycles. The number of carbonyl (C=O) groups is 2. The van der Waals surface area contributed by atoms with E-state index in [1.54, 1.807) is 6.92 Å². The van der Waals surface area contributed by atoms with Gasteiger partial charge in [-0.25, -0.2) is 0 Å². The smallest absolute Gasteiger partial charge is 0.224 e. The highest BCUT2D eigenvalue weighted by Gasteiger charge is 2.37. The highest BCUT2D eigenvalue weighted by molar-refractivity contribution is 5.94. The maximum atomic E-state index is 12.4. The Morgan fingerprint density at radius 2 is 1.84 bits per heavy atom. The van der Waals surface area contributed by atoms with E-state index >= 15 is 0 Å². The van der Waals surface area contributed by atoms with Crippen LogP contribution in [0.25, 0.3) is 11.1 Å². The van der Waals surface area contributed by atoms with Gasteiger partial charge in [0.25, 0.3) is 0 Å². The van der Waals surface area contributed by atoms with E-state index in [0.29, 0.717) is 6.42 Å². The lowest BCUT2D eigenvalue weighted by Gasteiger charge is -2.43. The molecule has 0 aliphatic carbocycles. The normalized spacial score (nSPS) is 20.1. The maximum absolute atomic E-state index is 12.4. The van der Waals surface area contributed by atoms with Crippen molar-refractivity contribution >= 4 is 23.2 Å². The van der Waals surface area contributed by atoms with Crippen LogP contribution in [0.2, 0.25) is 0 Å². The van der Waals surface area contributed by atoms with E-state index in [-0.39, 0.29) is 29.8 Å². The molecule has 164 valence electrons. The molecule has 3 rings (SSSR count). The lowest BCUT2D eigenvalue weighted by atomic mass is 9.80. The van der Waals surface area contributed by atoms with Gasteiger partial charge >= 0.3 is 0 Å². The van der Waals surface area contributed by atoms with Gasteiger partial charge in [-0.05, 0) is 66.1 Å². The van der Waals surface area contributed by atoms with E-state index in [4.69, 9.17) is 5.73 Å². The average Bonchev–Trinajstić information content (AvgIpc) is 2.76. The third-order valence-electron chi connectivity index (χ3n) is 6.22. The molecule has 0 spiro atoms. The van der Waals surface area contributed by atoms with Crippen LogP contribution >= 0.6 is 0 Å². The fraction of sp³-hybridized carbons (Fsp3) is 0.385. The SMILES string of the molecule is C=CCCCC(=O)Nc1ccc(-c2ccc3c(c2)C(N)[C@H](C)[C@H](CC)N3C(C)=O)cc1. The summed E-state index contributed by atoms with van der Waals surface area (Å²) in [6.45, 7) is 9.52. The number of unbranched alkanes of at least 4 members (excludes halogenated alkanes) is 1. The first-order chi connectivity index (χ1) is 14.9. The van der Waals surface area contributed by atoms with Gasteiger partial charge in [-0.2, -0.15) is 0 Å². The molecule has 0 saturated heterocycles. The van der Waals surface area contributed by atoms with Gasteiger partial charge in [0.1, 0.15) is 0 Å². The Labute approximate surface area is 185 Å². The molecular weight excluding hydrogens is 386 g/mol. The molecule has 3 atom stereocenters. The maximum Gasteiger partial charge on any atom is 0.224 e. The molecule has 1 heterocycles. The molecule has 3 N–H and O–H groups in total. The zero-order chi connectivity index (χ0) is 22.5. The first-order valence-electron chi connectivity index (χ1n) is 11.1. The summed E-state index contributed by atoms with van der Waals surface area (Å²) in [6.07, 6.45) is 4.82. The van der Waals surface area contributed by atoms with Crippen LogP contribution in [0.3, 0.4) is 0 Å². The minimum absolute atomic E-state index is 0.0122. The largest absolute Gasteiger partial charge is 0.326 e. The lowest BCUT2D eigenvalue weighted by molar-refractivity contribution is -0.117. The highest BCUT2D eigenvalue weighted by Crippen LogP contribution is 2.42. The van der Waals surface area contributed by atoms with E-state index in [1.807, 2.05) is 47.4 Å². The zero-order valence-corrected chi connectivity index (χ0v) is 18.7. The number of hydrogen-bond acceptors (Lipinski definition) is 3. The third-order valence-corrected chi connectivity index (χ3v) is 6.22. The molecule has 5 nitrogen and oxygen atoms in total. The minimum Gasteiger partial charge on any atom is -0.326 e. The molecule has 1 aliphatic rings. The van der Waals surface area contributed by atoms with E-state index in [1.165, 1.54) is 0 Å². The number of nitrogens with one attached hydrogen (secondary N) is 1. The van der Waals surface area contributed by atoms with Crippen LogP contribution in [0.15, 0.2) is 55.1 Å². The van der Waals surface area contributed by atoms with Crippen LogP contribution in [0, 0.1) is 5.92 Å². The Balaban J connectivity index is 1.83. The Hall–Kier alpha value is -2.92. The van der Waals surface area contributed by atoms with E-state index in [9.17, 15) is 9.59 Å². The van der Waals surface area contributed by atoms with Gasteiger partial charge in [0.05, 0.1) is 0 Å². The summed E-state index contributed by atoms with van der Waals surface area (Å²) in [6, 6.07) is 14.0. The molecular formula is C26H33N3O2. The number of benzene rings is 2. The van der Waals surface area contributed by atoms with Crippen molar-refractivity contribution in [3.8, 4) is 11.1 Å². The summed E-state index contributed by atoms with van der Waals surface area (Å²) in [4.78, 5) is 26.3. The summed E-state index contributed by atoms with van der Waals surface area (Å²) >= 11 is 0. The van der Waals surface area contributed by atoms with Crippen LogP contribution in [-0.2, 0) is 9.59 Å². The Kier molecular flexibility index (Phi) is 7.29. The quantitative estimate of drug-likeness (QED) is 0.464. The summed E-state index contributed by atoms with van der Waals surface area (Å²) < 4.78 is 0. The van der Waals surface area contributed by atoms with Crippen molar-refractivity contribution in [2.45, 2.75) is 58.5 Å². The van der Waals surface area contributed by atoms with Crippen LogP contribution in [-0.4, -0.2) is 17.9 Å². The van der Waals surface area contributed by atoms with Crippen LogP contribution in [0.4, 0.5) is 11.4 Å². The molecule has 0 saturated carbocycles. The first kappa shape index (κ1) is 22.8. The average molecular weight is 420 g/mol. The predicted octanol–water partition coefficient (Wildman–Crippen LogP) is 5.43. The molecule has 5 heteroatoms. The summed E-state index contributed by atoms with van der Waals surface area (Å²) in [5, 5.41) is 2.93. The Bertz CT molecular complexity index is 952. The number of amides is 2.